The maximum Gasteiger partial charge on any atom is 0.143 e. The minimum atomic E-state index is 0.855. The second-order valence-corrected chi connectivity index (χ2v) is 13.7. The first-order valence-corrected chi connectivity index (χ1v) is 18.0. The Kier molecular flexibility index (Phi) is 6.55. The van der Waals surface area contributed by atoms with E-state index in [0.717, 1.165) is 77.6 Å². The largest absolute Gasteiger partial charge is 0.456 e. The van der Waals surface area contributed by atoms with Crippen LogP contribution in [0.1, 0.15) is 0 Å². The molecular formula is C50H31NO2. The number of hydrogen-bond donors (Lipinski definition) is 0. The van der Waals surface area contributed by atoms with Gasteiger partial charge in [0.25, 0.3) is 0 Å². The first kappa shape index (κ1) is 29.6. The lowest BCUT2D eigenvalue weighted by Crippen LogP contribution is -2.10. The summed E-state index contributed by atoms with van der Waals surface area (Å²) in [5.41, 5.74) is 11.2. The molecule has 9 aromatic carbocycles. The standard InChI is InChI=1S/C50H31NO2/c1-2-18-37-34(13-1)31-44(40-20-4-3-19-39(37)40)33-15-10-17-36(30-33)51(45-25-12-28-48-49(45)43-22-6-8-27-47(43)52-48)35-16-9-14-32(29-35)38-23-11-24-42-41-21-5-7-26-46(41)53-50(38)42/h1-31H. The molecule has 0 fully saturated rings. The van der Waals surface area contributed by atoms with Crippen LogP contribution in [0.15, 0.2) is 197 Å². The summed E-state index contributed by atoms with van der Waals surface area (Å²) in [5, 5.41) is 9.38. The van der Waals surface area contributed by atoms with Crippen LogP contribution < -0.4 is 4.90 Å². The fraction of sp³-hybridized carbons (Fsp3) is 0. The van der Waals surface area contributed by atoms with Crippen molar-refractivity contribution in [1.82, 2.24) is 0 Å². The molecule has 0 saturated carbocycles. The van der Waals surface area contributed by atoms with Gasteiger partial charge in [-0.2, -0.15) is 0 Å². The van der Waals surface area contributed by atoms with E-state index in [1.54, 1.807) is 0 Å². The zero-order valence-corrected chi connectivity index (χ0v) is 28.7. The number of hydrogen-bond acceptors (Lipinski definition) is 3. The van der Waals surface area contributed by atoms with Crippen molar-refractivity contribution in [3.63, 3.8) is 0 Å². The molecule has 11 aromatic rings. The SMILES string of the molecule is c1cc(-c2cc3ccccc3c3ccccc23)cc(N(c2cccc(-c3cccc4c3oc3ccccc34)c2)c2cccc3oc4ccccc4c23)c1. The number of anilines is 3. The summed E-state index contributed by atoms with van der Waals surface area (Å²) in [4.78, 5) is 2.37. The number of benzene rings is 9. The van der Waals surface area contributed by atoms with Crippen molar-refractivity contribution in [1.29, 1.82) is 0 Å². The Morgan fingerprint density at radius 3 is 1.70 bits per heavy atom. The van der Waals surface area contributed by atoms with Gasteiger partial charge in [-0.3, -0.25) is 0 Å². The number of para-hydroxylation sites is 3. The quantitative estimate of drug-likeness (QED) is 0.170. The Morgan fingerprint density at radius 1 is 0.340 bits per heavy atom. The van der Waals surface area contributed by atoms with E-state index in [1.807, 2.05) is 24.3 Å². The van der Waals surface area contributed by atoms with Gasteiger partial charge in [-0.25, -0.2) is 0 Å². The highest BCUT2D eigenvalue weighted by Gasteiger charge is 2.21. The Bertz CT molecular complexity index is 3200. The average Bonchev–Trinajstić information content (AvgIpc) is 3.80. The number of rotatable bonds is 5. The zero-order chi connectivity index (χ0) is 34.9. The number of nitrogens with zero attached hydrogens (tertiary/aromatic N) is 1. The summed E-state index contributed by atoms with van der Waals surface area (Å²) < 4.78 is 12.9. The van der Waals surface area contributed by atoms with Crippen molar-refractivity contribution in [3.05, 3.63) is 188 Å². The van der Waals surface area contributed by atoms with Crippen molar-refractivity contribution < 1.29 is 8.83 Å². The lowest BCUT2D eigenvalue weighted by Gasteiger charge is -2.27. The van der Waals surface area contributed by atoms with Gasteiger partial charge in [0, 0.05) is 33.1 Å². The maximum absolute atomic E-state index is 6.51. The minimum absolute atomic E-state index is 0.855. The lowest BCUT2D eigenvalue weighted by atomic mass is 9.93. The molecule has 0 bridgehead atoms. The van der Waals surface area contributed by atoms with Gasteiger partial charge in [0.05, 0.1) is 11.1 Å². The summed E-state index contributed by atoms with van der Waals surface area (Å²) in [7, 11) is 0. The normalized spacial score (nSPS) is 11.8. The third-order valence-electron chi connectivity index (χ3n) is 10.6. The van der Waals surface area contributed by atoms with E-state index in [-0.39, 0.29) is 0 Å². The number of fused-ring (bicyclic) bond motifs is 9. The van der Waals surface area contributed by atoms with Crippen LogP contribution in [0.3, 0.4) is 0 Å². The molecule has 53 heavy (non-hydrogen) atoms. The van der Waals surface area contributed by atoms with E-state index in [9.17, 15) is 0 Å². The maximum atomic E-state index is 6.51. The second kappa shape index (κ2) is 11.7. The molecular weight excluding hydrogens is 647 g/mol. The first-order chi connectivity index (χ1) is 26.3. The summed E-state index contributed by atoms with van der Waals surface area (Å²) in [6.07, 6.45) is 0. The molecule has 0 saturated heterocycles. The monoisotopic (exact) mass is 677 g/mol. The van der Waals surface area contributed by atoms with Crippen LogP contribution in [0.2, 0.25) is 0 Å². The second-order valence-electron chi connectivity index (χ2n) is 13.7. The van der Waals surface area contributed by atoms with Gasteiger partial charge in [0.1, 0.15) is 22.3 Å². The Balaban J connectivity index is 1.16. The molecule has 248 valence electrons. The Labute approximate surface area is 305 Å². The lowest BCUT2D eigenvalue weighted by molar-refractivity contribution is 0.669. The molecule has 0 spiro atoms. The molecule has 0 aliphatic carbocycles. The minimum Gasteiger partial charge on any atom is -0.456 e. The van der Waals surface area contributed by atoms with Crippen LogP contribution in [0.4, 0.5) is 17.1 Å². The molecule has 0 amide bonds. The predicted octanol–water partition coefficient (Wildman–Crippen LogP) is 14.6. The zero-order valence-electron chi connectivity index (χ0n) is 28.7. The molecule has 2 aromatic heterocycles. The van der Waals surface area contributed by atoms with Crippen molar-refractivity contribution in [3.8, 4) is 22.3 Å². The summed E-state index contributed by atoms with van der Waals surface area (Å²) >= 11 is 0. The van der Waals surface area contributed by atoms with E-state index < -0.39 is 0 Å². The molecule has 11 rings (SSSR count). The van der Waals surface area contributed by atoms with Gasteiger partial charge in [-0.05, 0) is 92.8 Å². The van der Waals surface area contributed by atoms with Crippen molar-refractivity contribution in [2.75, 3.05) is 4.90 Å². The third kappa shape index (κ3) is 4.68. The molecule has 3 nitrogen and oxygen atoms in total. The topological polar surface area (TPSA) is 29.5 Å². The van der Waals surface area contributed by atoms with Crippen LogP contribution in [-0.2, 0) is 0 Å². The van der Waals surface area contributed by atoms with Gasteiger partial charge in [0.15, 0.2) is 0 Å². The molecule has 0 aliphatic heterocycles. The smallest absolute Gasteiger partial charge is 0.143 e. The molecule has 0 radical (unpaired) electrons. The van der Waals surface area contributed by atoms with Gasteiger partial charge in [0.2, 0.25) is 0 Å². The van der Waals surface area contributed by atoms with Crippen LogP contribution in [0.25, 0.3) is 87.7 Å². The van der Waals surface area contributed by atoms with E-state index in [4.69, 9.17) is 8.83 Å². The molecule has 3 heteroatoms. The van der Waals surface area contributed by atoms with Crippen molar-refractivity contribution >= 4 is 82.5 Å². The highest BCUT2D eigenvalue weighted by Crippen LogP contribution is 2.46. The molecule has 0 aliphatic rings. The van der Waals surface area contributed by atoms with Gasteiger partial charge in [-0.1, -0.05) is 133 Å². The Morgan fingerprint density at radius 2 is 0.906 bits per heavy atom. The van der Waals surface area contributed by atoms with Crippen LogP contribution in [-0.4, -0.2) is 0 Å². The highest BCUT2D eigenvalue weighted by molar-refractivity contribution is 6.15. The fourth-order valence-corrected chi connectivity index (χ4v) is 8.26. The summed E-state index contributed by atoms with van der Waals surface area (Å²) in [5.74, 6) is 0. The van der Waals surface area contributed by atoms with Gasteiger partial charge >= 0.3 is 0 Å². The fourth-order valence-electron chi connectivity index (χ4n) is 8.26. The van der Waals surface area contributed by atoms with Crippen LogP contribution in [0, 0.1) is 0 Å². The Hall–Kier alpha value is -7.10. The predicted molar refractivity (Wildman–Crippen MR) is 222 cm³/mol. The highest BCUT2D eigenvalue weighted by atomic mass is 16.3. The summed E-state index contributed by atoms with van der Waals surface area (Å²) in [6, 6.07) is 66.8. The number of furan rings is 2. The van der Waals surface area contributed by atoms with Crippen LogP contribution in [0.5, 0.6) is 0 Å². The van der Waals surface area contributed by atoms with Crippen LogP contribution >= 0.6 is 0 Å². The van der Waals surface area contributed by atoms with Crippen molar-refractivity contribution in [2.24, 2.45) is 0 Å². The van der Waals surface area contributed by atoms with E-state index in [2.05, 4.69) is 169 Å². The van der Waals surface area contributed by atoms with E-state index in [1.165, 1.54) is 27.1 Å². The molecule has 0 N–H and O–H groups in total. The average molecular weight is 678 g/mol. The van der Waals surface area contributed by atoms with Crippen molar-refractivity contribution in [2.45, 2.75) is 0 Å². The molecule has 0 atom stereocenters. The molecule has 2 heterocycles. The van der Waals surface area contributed by atoms with E-state index >= 15 is 0 Å². The summed E-state index contributed by atoms with van der Waals surface area (Å²) in [6.45, 7) is 0. The third-order valence-corrected chi connectivity index (χ3v) is 10.6. The van der Waals surface area contributed by atoms with E-state index in [0.29, 0.717) is 0 Å². The molecule has 0 unspecified atom stereocenters. The van der Waals surface area contributed by atoms with Gasteiger partial charge < -0.3 is 13.7 Å². The first-order valence-electron chi connectivity index (χ1n) is 18.0. The van der Waals surface area contributed by atoms with Gasteiger partial charge in [-0.15, -0.1) is 0 Å².